The number of hydrogen-bond acceptors (Lipinski definition) is 4. The van der Waals surface area contributed by atoms with E-state index in [0.29, 0.717) is 13.2 Å². The predicted octanol–water partition coefficient (Wildman–Crippen LogP) is 2.52. The van der Waals surface area contributed by atoms with Gasteiger partial charge >= 0.3 is 0 Å². The zero-order chi connectivity index (χ0) is 14.6. The van der Waals surface area contributed by atoms with E-state index in [2.05, 4.69) is 11.9 Å². The topological polar surface area (TPSA) is 47.7 Å². The highest BCUT2D eigenvalue weighted by atomic mass is 16.5. The van der Waals surface area contributed by atoms with Gasteiger partial charge in [0.2, 0.25) is 0 Å². The minimum atomic E-state index is 0.654. The number of hydrogen-bond donors (Lipinski definition) is 1. The van der Waals surface area contributed by atoms with Gasteiger partial charge in [-0.3, -0.25) is 0 Å². The van der Waals surface area contributed by atoms with E-state index in [1.807, 2.05) is 31.2 Å². The van der Waals surface area contributed by atoms with Crippen LogP contribution in [0.25, 0.3) is 0 Å². The standard InChI is InChI=1S/C16H28N2O2/c1-3-19-15-9-5-6-10-16(15)20-14-13-18(2)12-8-4-7-11-17/h5-6,9-10H,3-4,7-8,11-14,17H2,1-2H3. The third-order valence-electron chi connectivity index (χ3n) is 3.12. The summed E-state index contributed by atoms with van der Waals surface area (Å²) >= 11 is 0. The average molecular weight is 280 g/mol. The Morgan fingerprint density at radius 1 is 1.00 bits per heavy atom. The van der Waals surface area contributed by atoms with Crippen LogP contribution < -0.4 is 15.2 Å². The average Bonchev–Trinajstić information content (AvgIpc) is 2.46. The quantitative estimate of drug-likeness (QED) is 0.633. The van der Waals surface area contributed by atoms with Gasteiger partial charge < -0.3 is 20.1 Å². The molecule has 0 saturated carbocycles. The largest absolute Gasteiger partial charge is 0.490 e. The smallest absolute Gasteiger partial charge is 0.161 e. The van der Waals surface area contributed by atoms with E-state index in [1.165, 1.54) is 12.8 Å². The molecule has 1 rings (SSSR count). The zero-order valence-electron chi connectivity index (χ0n) is 12.8. The predicted molar refractivity (Wildman–Crippen MR) is 83.5 cm³/mol. The number of benzene rings is 1. The van der Waals surface area contributed by atoms with Crippen LogP contribution in [0.2, 0.25) is 0 Å². The van der Waals surface area contributed by atoms with E-state index in [0.717, 1.165) is 37.6 Å². The molecule has 4 heteroatoms. The summed E-state index contributed by atoms with van der Waals surface area (Å²) < 4.78 is 11.3. The van der Waals surface area contributed by atoms with Crippen molar-refractivity contribution in [2.75, 3.05) is 39.9 Å². The second-order valence-corrected chi connectivity index (χ2v) is 4.88. The van der Waals surface area contributed by atoms with Gasteiger partial charge in [-0.2, -0.15) is 0 Å². The van der Waals surface area contributed by atoms with Crippen molar-refractivity contribution in [1.82, 2.24) is 4.90 Å². The number of ether oxygens (including phenoxy) is 2. The molecule has 1 aromatic rings. The molecule has 0 aliphatic carbocycles. The first-order valence-electron chi connectivity index (χ1n) is 7.51. The Hall–Kier alpha value is -1.26. The lowest BCUT2D eigenvalue weighted by Crippen LogP contribution is -2.25. The van der Waals surface area contributed by atoms with E-state index in [9.17, 15) is 0 Å². The van der Waals surface area contributed by atoms with Crippen molar-refractivity contribution in [1.29, 1.82) is 0 Å². The van der Waals surface area contributed by atoms with Gasteiger partial charge in [0, 0.05) is 6.54 Å². The fourth-order valence-corrected chi connectivity index (χ4v) is 1.97. The van der Waals surface area contributed by atoms with Gasteiger partial charge in [0.15, 0.2) is 11.5 Å². The normalized spacial score (nSPS) is 10.8. The Morgan fingerprint density at radius 2 is 1.70 bits per heavy atom. The molecule has 2 N–H and O–H groups in total. The molecule has 20 heavy (non-hydrogen) atoms. The van der Waals surface area contributed by atoms with Crippen LogP contribution in [0, 0.1) is 0 Å². The number of unbranched alkanes of at least 4 members (excludes halogenated alkanes) is 2. The third kappa shape index (κ3) is 6.78. The Kier molecular flexibility index (Phi) is 8.83. The lowest BCUT2D eigenvalue weighted by atomic mass is 10.2. The van der Waals surface area contributed by atoms with Gasteiger partial charge in [0.1, 0.15) is 6.61 Å². The molecule has 0 unspecified atom stereocenters. The van der Waals surface area contributed by atoms with Crippen molar-refractivity contribution in [3.63, 3.8) is 0 Å². The van der Waals surface area contributed by atoms with Crippen LogP contribution in [0.5, 0.6) is 11.5 Å². The number of likely N-dealkylation sites (N-methyl/N-ethyl adjacent to an activating group) is 1. The van der Waals surface area contributed by atoms with Gasteiger partial charge in [-0.1, -0.05) is 18.6 Å². The van der Waals surface area contributed by atoms with Crippen LogP contribution in [0.1, 0.15) is 26.2 Å². The SMILES string of the molecule is CCOc1ccccc1OCCN(C)CCCCCN. The highest BCUT2D eigenvalue weighted by molar-refractivity contribution is 5.39. The van der Waals surface area contributed by atoms with Crippen LogP contribution in [0.3, 0.4) is 0 Å². The van der Waals surface area contributed by atoms with Crippen LogP contribution in [0.4, 0.5) is 0 Å². The summed E-state index contributed by atoms with van der Waals surface area (Å²) in [5.74, 6) is 1.64. The van der Waals surface area contributed by atoms with Crippen LogP contribution in [0.15, 0.2) is 24.3 Å². The van der Waals surface area contributed by atoms with Crippen molar-refractivity contribution in [2.45, 2.75) is 26.2 Å². The first-order chi connectivity index (χ1) is 9.77. The summed E-state index contributed by atoms with van der Waals surface area (Å²) in [7, 11) is 2.13. The fourth-order valence-electron chi connectivity index (χ4n) is 1.97. The number of nitrogens with zero attached hydrogens (tertiary/aromatic N) is 1. The fraction of sp³-hybridized carbons (Fsp3) is 0.625. The monoisotopic (exact) mass is 280 g/mol. The van der Waals surface area contributed by atoms with Gasteiger partial charge in [-0.25, -0.2) is 0 Å². The molecule has 0 atom stereocenters. The molecule has 0 amide bonds. The summed E-state index contributed by atoms with van der Waals surface area (Å²) in [5.41, 5.74) is 5.48. The van der Waals surface area contributed by atoms with E-state index in [4.69, 9.17) is 15.2 Å². The minimum absolute atomic E-state index is 0.654. The Bertz CT molecular complexity index is 358. The summed E-state index contributed by atoms with van der Waals surface area (Å²) in [6.45, 7) is 6.12. The van der Waals surface area contributed by atoms with Crippen molar-refractivity contribution >= 4 is 0 Å². The minimum Gasteiger partial charge on any atom is -0.490 e. The molecule has 0 fully saturated rings. The van der Waals surface area contributed by atoms with Gasteiger partial charge in [-0.15, -0.1) is 0 Å². The third-order valence-corrected chi connectivity index (χ3v) is 3.12. The van der Waals surface area contributed by atoms with Gasteiger partial charge in [0.25, 0.3) is 0 Å². The molecular formula is C16H28N2O2. The molecule has 114 valence electrons. The first-order valence-corrected chi connectivity index (χ1v) is 7.51. The van der Waals surface area contributed by atoms with Crippen molar-refractivity contribution < 1.29 is 9.47 Å². The molecule has 0 spiro atoms. The highest BCUT2D eigenvalue weighted by Crippen LogP contribution is 2.26. The maximum absolute atomic E-state index is 5.80. The second kappa shape index (κ2) is 10.5. The summed E-state index contributed by atoms with van der Waals surface area (Å²) in [6.07, 6.45) is 3.52. The molecular weight excluding hydrogens is 252 g/mol. The summed E-state index contributed by atoms with van der Waals surface area (Å²) in [5, 5.41) is 0. The number of para-hydroxylation sites is 2. The molecule has 0 aliphatic heterocycles. The Labute approximate surface area is 122 Å². The van der Waals surface area contributed by atoms with E-state index < -0.39 is 0 Å². The molecule has 4 nitrogen and oxygen atoms in total. The van der Waals surface area contributed by atoms with Crippen molar-refractivity contribution in [2.24, 2.45) is 5.73 Å². The first kappa shape index (κ1) is 16.8. The van der Waals surface area contributed by atoms with Crippen molar-refractivity contribution in [3.05, 3.63) is 24.3 Å². The molecule has 1 aromatic carbocycles. The van der Waals surface area contributed by atoms with Crippen LogP contribution in [-0.4, -0.2) is 44.8 Å². The van der Waals surface area contributed by atoms with Gasteiger partial charge in [0.05, 0.1) is 6.61 Å². The lowest BCUT2D eigenvalue weighted by Gasteiger charge is -2.17. The number of rotatable bonds is 11. The molecule has 0 radical (unpaired) electrons. The second-order valence-electron chi connectivity index (χ2n) is 4.88. The molecule has 0 aromatic heterocycles. The lowest BCUT2D eigenvalue weighted by molar-refractivity contribution is 0.224. The Balaban J connectivity index is 2.23. The van der Waals surface area contributed by atoms with Crippen LogP contribution in [-0.2, 0) is 0 Å². The number of nitrogens with two attached hydrogens (primary N) is 1. The summed E-state index contributed by atoms with van der Waals surface area (Å²) in [6, 6.07) is 7.82. The molecule has 0 aliphatic rings. The molecule has 0 saturated heterocycles. The molecule has 0 heterocycles. The maximum atomic E-state index is 5.80. The summed E-state index contributed by atoms with van der Waals surface area (Å²) in [4.78, 5) is 2.29. The molecule has 0 bridgehead atoms. The van der Waals surface area contributed by atoms with Gasteiger partial charge in [-0.05, 0) is 52.0 Å². The highest BCUT2D eigenvalue weighted by Gasteiger charge is 2.04. The van der Waals surface area contributed by atoms with Crippen molar-refractivity contribution in [3.8, 4) is 11.5 Å². The zero-order valence-corrected chi connectivity index (χ0v) is 12.8. The van der Waals surface area contributed by atoms with E-state index >= 15 is 0 Å². The Morgan fingerprint density at radius 3 is 2.35 bits per heavy atom. The van der Waals surface area contributed by atoms with E-state index in [-0.39, 0.29) is 0 Å². The van der Waals surface area contributed by atoms with Crippen LogP contribution >= 0.6 is 0 Å². The maximum Gasteiger partial charge on any atom is 0.161 e. The van der Waals surface area contributed by atoms with E-state index in [1.54, 1.807) is 0 Å².